The van der Waals surface area contributed by atoms with E-state index in [9.17, 15) is 0 Å². The molecular formula is C30H33NO3. The second-order valence-corrected chi connectivity index (χ2v) is 9.06. The van der Waals surface area contributed by atoms with Crippen LogP contribution < -0.4 is 0 Å². The zero-order valence-corrected chi connectivity index (χ0v) is 19.5. The Morgan fingerprint density at radius 1 is 0.618 bits per heavy atom. The van der Waals surface area contributed by atoms with E-state index in [0.717, 1.165) is 13.0 Å². The first-order valence-electron chi connectivity index (χ1n) is 12.2. The summed E-state index contributed by atoms with van der Waals surface area (Å²) >= 11 is 0. The van der Waals surface area contributed by atoms with Gasteiger partial charge in [-0.3, -0.25) is 4.90 Å². The van der Waals surface area contributed by atoms with Gasteiger partial charge in [0.25, 0.3) is 0 Å². The van der Waals surface area contributed by atoms with Gasteiger partial charge in [0, 0.05) is 12.6 Å². The molecule has 1 saturated heterocycles. The molecular weight excluding hydrogens is 422 g/mol. The molecule has 2 heterocycles. The number of hydrogen-bond acceptors (Lipinski definition) is 4. The number of ether oxygens (including phenoxy) is 3. The van der Waals surface area contributed by atoms with E-state index < -0.39 is 0 Å². The molecule has 4 atom stereocenters. The van der Waals surface area contributed by atoms with Gasteiger partial charge in [-0.25, -0.2) is 0 Å². The second-order valence-electron chi connectivity index (χ2n) is 9.06. The molecule has 0 amide bonds. The number of benzene rings is 3. The van der Waals surface area contributed by atoms with Crippen LogP contribution in [0.3, 0.4) is 0 Å². The highest BCUT2D eigenvalue weighted by molar-refractivity contribution is 5.17. The van der Waals surface area contributed by atoms with Crippen molar-refractivity contribution in [1.82, 2.24) is 4.90 Å². The van der Waals surface area contributed by atoms with Crippen molar-refractivity contribution in [3.05, 3.63) is 120 Å². The highest BCUT2D eigenvalue weighted by Crippen LogP contribution is 2.35. The Hall–Kier alpha value is -2.76. The van der Waals surface area contributed by atoms with Gasteiger partial charge in [-0.15, -0.1) is 0 Å². The topological polar surface area (TPSA) is 30.9 Å². The van der Waals surface area contributed by atoms with Crippen LogP contribution in [-0.4, -0.2) is 42.3 Å². The summed E-state index contributed by atoms with van der Waals surface area (Å²) < 4.78 is 19.5. The zero-order valence-electron chi connectivity index (χ0n) is 19.5. The Morgan fingerprint density at radius 2 is 1.15 bits per heavy atom. The van der Waals surface area contributed by atoms with E-state index >= 15 is 0 Å². The lowest BCUT2D eigenvalue weighted by atomic mass is 10.0. The summed E-state index contributed by atoms with van der Waals surface area (Å²) in [5.74, 6) is 0. The summed E-state index contributed by atoms with van der Waals surface area (Å²) in [7, 11) is 0. The Kier molecular flexibility index (Phi) is 7.84. The summed E-state index contributed by atoms with van der Waals surface area (Å²) in [4.78, 5) is 2.52. The van der Waals surface area contributed by atoms with Crippen molar-refractivity contribution in [1.29, 1.82) is 0 Å². The lowest BCUT2D eigenvalue weighted by Crippen LogP contribution is -2.43. The molecule has 0 aromatic heterocycles. The SMILES string of the molecule is C1=CCN2[C@H](C1)[C@@H](OCc1ccccc1)[C@H](OCc1ccccc1)[C@H]2COCc1ccccc1. The summed E-state index contributed by atoms with van der Waals surface area (Å²) in [6, 6.07) is 31.6. The highest BCUT2D eigenvalue weighted by atomic mass is 16.5. The third-order valence-corrected chi connectivity index (χ3v) is 6.77. The molecule has 0 saturated carbocycles. The molecule has 0 unspecified atom stereocenters. The smallest absolute Gasteiger partial charge is 0.103 e. The molecule has 2 aliphatic heterocycles. The van der Waals surface area contributed by atoms with Crippen molar-refractivity contribution < 1.29 is 14.2 Å². The molecule has 0 bridgehead atoms. The van der Waals surface area contributed by atoms with Crippen molar-refractivity contribution in [2.24, 2.45) is 0 Å². The van der Waals surface area contributed by atoms with Gasteiger partial charge in [0.2, 0.25) is 0 Å². The molecule has 0 radical (unpaired) electrons. The van der Waals surface area contributed by atoms with Crippen molar-refractivity contribution in [3.8, 4) is 0 Å². The Bertz CT molecular complexity index is 1020. The van der Waals surface area contributed by atoms with Crippen LogP contribution >= 0.6 is 0 Å². The number of nitrogens with zero attached hydrogens (tertiary/aromatic N) is 1. The molecule has 3 aromatic carbocycles. The van der Waals surface area contributed by atoms with Gasteiger partial charge in [-0.2, -0.15) is 0 Å². The van der Waals surface area contributed by atoms with E-state index in [1.54, 1.807) is 0 Å². The van der Waals surface area contributed by atoms with Crippen LogP contribution in [0.2, 0.25) is 0 Å². The molecule has 0 N–H and O–H groups in total. The molecule has 3 aromatic rings. The predicted octanol–water partition coefficient (Wildman–Crippen LogP) is 5.39. The average Bonchev–Trinajstić information content (AvgIpc) is 3.20. The molecule has 34 heavy (non-hydrogen) atoms. The van der Waals surface area contributed by atoms with Gasteiger partial charge in [0.05, 0.1) is 32.5 Å². The molecule has 1 fully saturated rings. The maximum atomic E-state index is 6.62. The van der Waals surface area contributed by atoms with E-state index in [0.29, 0.717) is 32.5 Å². The maximum absolute atomic E-state index is 6.62. The number of hydrogen-bond donors (Lipinski definition) is 0. The van der Waals surface area contributed by atoms with E-state index in [-0.39, 0.29) is 18.2 Å². The van der Waals surface area contributed by atoms with Crippen molar-refractivity contribution in [3.63, 3.8) is 0 Å². The van der Waals surface area contributed by atoms with Crippen LogP contribution in [0.1, 0.15) is 23.1 Å². The standard InChI is InChI=1S/C30H33NO3/c1-4-12-24(13-5-1)20-32-23-28-30(34-22-26-16-8-3-9-17-26)29(27-18-10-11-19-31(27)28)33-21-25-14-6-2-7-15-25/h1-17,27-30H,18-23H2/t27-,28-,29-,30-/m1/s1. The van der Waals surface area contributed by atoms with Gasteiger partial charge < -0.3 is 14.2 Å². The van der Waals surface area contributed by atoms with E-state index in [1.807, 2.05) is 18.2 Å². The van der Waals surface area contributed by atoms with Crippen LogP contribution in [0.5, 0.6) is 0 Å². The van der Waals surface area contributed by atoms with Crippen molar-refractivity contribution in [2.45, 2.75) is 50.5 Å². The second kappa shape index (κ2) is 11.6. The van der Waals surface area contributed by atoms with Crippen LogP contribution in [0, 0.1) is 0 Å². The summed E-state index contributed by atoms with van der Waals surface area (Å²) in [5.41, 5.74) is 3.55. The minimum Gasteiger partial charge on any atom is -0.375 e. The Balaban J connectivity index is 1.32. The summed E-state index contributed by atoms with van der Waals surface area (Å²) in [6.45, 7) is 3.28. The van der Waals surface area contributed by atoms with Gasteiger partial charge in [-0.05, 0) is 23.1 Å². The van der Waals surface area contributed by atoms with Gasteiger partial charge in [0.1, 0.15) is 12.2 Å². The first-order chi connectivity index (χ1) is 16.9. The van der Waals surface area contributed by atoms with Crippen molar-refractivity contribution >= 4 is 0 Å². The minimum atomic E-state index is -0.0652. The molecule has 0 spiro atoms. The fourth-order valence-electron chi connectivity index (χ4n) is 5.04. The third kappa shape index (κ3) is 5.65. The monoisotopic (exact) mass is 455 g/mol. The fraction of sp³-hybridized carbons (Fsp3) is 0.333. The lowest BCUT2D eigenvalue weighted by Gasteiger charge is -2.32. The predicted molar refractivity (Wildman–Crippen MR) is 134 cm³/mol. The average molecular weight is 456 g/mol. The van der Waals surface area contributed by atoms with Gasteiger partial charge in [-0.1, -0.05) is 103 Å². The van der Waals surface area contributed by atoms with Crippen LogP contribution in [-0.2, 0) is 34.0 Å². The first kappa shape index (κ1) is 23.0. The normalized spacial score (nSPS) is 24.2. The van der Waals surface area contributed by atoms with E-state index in [4.69, 9.17) is 14.2 Å². The van der Waals surface area contributed by atoms with Crippen LogP contribution in [0.4, 0.5) is 0 Å². The zero-order chi connectivity index (χ0) is 23.0. The summed E-state index contributed by atoms with van der Waals surface area (Å²) in [5, 5.41) is 0. The molecule has 0 aliphatic carbocycles. The highest BCUT2D eigenvalue weighted by Gasteiger charge is 2.50. The molecule has 176 valence electrons. The molecule has 5 rings (SSSR count). The number of fused-ring (bicyclic) bond motifs is 1. The fourth-order valence-corrected chi connectivity index (χ4v) is 5.04. The lowest BCUT2D eigenvalue weighted by molar-refractivity contribution is -0.0861. The quantitative estimate of drug-likeness (QED) is 0.384. The maximum Gasteiger partial charge on any atom is 0.103 e. The van der Waals surface area contributed by atoms with Crippen molar-refractivity contribution in [2.75, 3.05) is 13.2 Å². The van der Waals surface area contributed by atoms with Gasteiger partial charge >= 0.3 is 0 Å². The molecule has 4 nitrogen and oxygen atoms in total. The van der Waals surface area contributed by atoms with E-state index in [2.05, 4.69) is 89.8 Å². The molecule has 2 aliphatic rings. The Morgan fingerprint density at radius 3 is 1.74 bits per heavy atom. The summed E-state index contributed by atoms with van der Waals surface area (Å²) in [6.07, 6.45) is 5.43. The largest absolute Gasteiger partial charge is 0.375 e. The van der Waals surface area contributed by atoms with Gasteiger partial charge in [0.15, 0.2) is 0 Å². The third-order valence-electron chi connectivity index (χ3n) is 6.77. The van der Waals surface area contributed by atoms with Crippen LogP contribution in [0.15, 0.2) is 103 Å². The van der Waals surface area contributed by atoms with E-state index in [1.165, 1.54) is 16.7 Å². The minimum absolute atomic E-state index is 0.0146. The molecule has 4 heteroatoms. The first-order valence-corrected chi connectivity index (χ1v) is 12.2. The Labute approximate surface area is 202 Å². The number of rotatable bonds is 10. The van der Waals surface area contributed by atoms with Crippen LogP contribution in [0.25, 0.3) is 0 Å².